The molecular weight excluding hydrogens is 2260 g/mol. The fourth-order valence-corrected chi connectivity index (χ4v) is 22.8. The van der Waals surface area contributed by atoms with E-state index in [1.165, 1.54) is 98.8 Å². The summed E-state index contributed by atoms with van der Waals surface area (Å²) in [6.45, 7) is 81.8. The van der Waals surface area contributed by atoms with Crippen molar-refractivity contribution in [1.82, 2.24) is 24.5 Å². The minimum atomic E-state index is -0.556. The number of para-hydroxylation sites is 2. The molecule has 0 radical (unpaired) electrons. The molecule has 0 heterocycles. The molecule has 10 nitrogen and oxygen atoms in total. The summed E-state index contributed by atoms with van der Waals surface area (Å²) in [5.41, 5.74) is 21.1. The molecule has 5 unspecified atom stereocenters. The fraction of sp³-hybridized carbons (Fsp3) is 0.469. The van der Waals surface area contributed by atoms with Crippen molar-refractivity contribution < 1.29 is 111 Å². The number of nitrogens with zero attached hydrogens (tertiary/aromatic N) is 5. The van der Waals surface area contributed by atoms with Gasteiger partial charge in [-0.2, -0.15) is 0 Å². The Morgan fingerprint density at radius 1 is 0.266 bits per heavy atom. The van der Waals surface area contributed by atoms with Crippen molar-refractivity contribution in [2.45, 2.75) is 326 Å². The Balaban J connectivity index is 0.000000867. The van der Waals surface area contributed by atoms with Gasteiger partial charge in [0, 0.05) is 107 Å². The van der Waals surface area contributed by atoms with E-state index in [2.05, 4.69) is 388 Å². The molecule has 0 fully saturated rings. The molecule has 0 saturated heterocycles. The number of phenolic OH excluding ortho intramolecular Hbond substituents is 5. The van der Waals surface area contributed by atoms with Gasteiger partial charge in [-0.15, -0.1) is 0 Å². The van der Waals surface area contributed by atoms with Crippen LogP contribution < -0.4 is 53.0 Å². The standard InChI is InChI=1S/C28H44NOP.2C25H38NOP.C18H24NOP.C17H22NOP.10ClH.5Ti/c1-18(2)29(19(3)4)17-21-14-12-13-20(5)26(21)31-24-16-22(27(6,7)8)15-23(25(24)30)28(9,10)11;1-16(2)26(17(3)4)15-20-12-10-11-19(6)24(20)28-22-14-18(5)13-21(23(22)27)25(7,8)9;1-16(2)26(17(3)4)15-20-12-10-11-18(5)24(20)28-22-14-21(25(7,8)9)13-19(6)23(22)27;1-5-19(4)12-15-10-6-9-14(3)18(15)21-16-11-7-8-13(2)17(16)20;1-4-18(3)12-14-9-7-8-13(2)17(14)20-16-11-6-5-10-15(16)19;;;;;;;;;;;;;;;/h12-16,18-19,30-31H,17H2,1-11H3;2*10-14,16-17,27-28H,15H2,1-9H3;6-11,20-21H,5,12H2,1-4H3;5-11,19-20H,4,12H2,1-3H3;10*1H;;;;;/q;;;;;;;;;;;;;;;5*+2/p-10. The van der Waals surface area contributed by atoms with Crippen LogP contribution in [0.15, 0.2) is 170 Å². The first-order valence-corrected chi connectivity index (χ1v) is 75.0. The monoisotopic (exact) mass is 2420 g/mol. The predicted octanol–water partition coefficient (Wildman–Crippen LogP) is 30.4. The Morgan fingerprint density at radius 3 is 0.790 bits per heavy atom. The molecule has 0 aliphatic carbocycles. The van der Waals surface area contributed by atoms with Gasteiger partial charge in [-0.05, 0) is 322 Å². The second kappa shape index (κ2) is 71.7. The van der Waals surface area contributed by atoms with Gasteiger partial charge in [-0.1, -0.05) is 285 Å². The zero-order chi connectivity index (χ0) is 110. The second-order valence-corrected chi connectivity index (χ2v) is 60.9. The van der Waals surface area contributed by atoms with Crippen LogP contribution in [0, 0.1) is 55.4 Å². The normalized spacial score (nSPS) is 11.8. The molecule has 0 bridgehead atoms. The van der Waals surface area contributed by atoms with E-state index in [9.17, 15) is 25.5 Å². The first-order valence-electron chi connectivity index (χ1n) is 48.5. The van der Waals surface area contributed by atoms with Crippen LogP contribution >= 0.6 is 136 Å². The van der Waals surface area contributed by atoms with Crippen LogP contribution in [-0.4, -0.2) is 113 Å². The van der Waals surface area contributed by atoms with Crippen LogP contribution in [0.4, 0.5) is 0 Å². The van der Waals surface area contributed by atoms with E-state index >= 15 is 0 Å². The molecule has 30 heteroatoms. The summed E-state index contributed by atoms with van der Waals surface area (Å²) < 4.78 is 0. The maximum atomic E-state index is 11.3. The summed E-state index contributed by atoms with van der Waals surface area (Å²) in [6.07, 6.45) is 0. The van der Waals surface area contributed by atoms with Gasteiger partial charge in [0.2, 0.25) is 0 Å². The number of aromatic hydroxyl groups is 5. The van der Waals surface area contributed by atoms with E-state index in [-0.39, 0.29) is 21.7 Å². The van der Waals surface area contributed by atoms with Crippen LogP contribution in [0.5, 0.6) is 28.7 Å². The van der Waals surface area contributed by atoms with Gasteiger partial charge in [0.25, 0.3) is 0 Å². The topological polar surface area (TPSA) is 117 Å². The number of hydrogen-bond acceptors (Lipinski definition) is 10. The van der Waals surface area contributed by atoms with E-state index in [1.54, 1.807) is 6.07 Å². The molecule has 0 spiro atoms. The third kappa shape index (κ3) is 50.2. The molecule has 0 aliphatic rings. The Bertz CT molecular complexity index is 5310. The third-order valence-electron chi connectivity index (χ3n) is 24.2. The van der Waals surface area contributed by atoms with Crippen molar-refractivity contribution in [3.05, 3.63) is 264 Å². The number of rotatable bonds is 28. The molecule has 143 heavy (non-hydrogen) atoms. The molecule has 788 valence electrons. The SMILES string of the molecule is CCN(C)Cc1cccc(C)c1Pc1cccc(C)c1O.CCN(C)Cc1cccc(C)c1Pc1ccccc1O.Cc1cc(C(C)(C)C)cc(Pc2c(C)cccc2CN(C(C)C)C(C)C)c1O.Cc1cc(Pc2c(C)cccc2CN(C(C)C)C(C)C)c(O)c(C(C)(C)C)c1.Cc1cccc(CN(C(C)C)C(C)C)c1Pc1cc(C(C)(C)C)cc(C(C)(C)C)c1O.[Cl][Ti][Cl].[Cl][Ti][Cl].[Cl][Ti][Cl].[Cl][Ti][Cl].[Cl][Ti][Cl]. The first kappa shape index (κ1) is 141. The van der Waals surface area contributed by atoms with Gasteiger partial charge >= 0.3 is 178 Å². The zero-order valence-electron chi connectivity index (χ0n) is 91.8. The Kier molecular flexibility index (Phi) is 70.5. The van der Waals surface area contributed by atoms with Crippen molar-refractivity contribution in [2.75, 3.05) is 27.2 Å². The molecule has 10 rings (SSSR count). The molecular formula is C113H166Cl10N5O5P5Ti5. The van der Waals surface area contributed by atoms with Gasteiger partial charge in [0.1, 0.15) is 28.7 Å². The Labute approximate surface area is 959 Å². The third-order valence-corrected chi connectivity index (χ3v) is 32.4. The molecule has 0 aliphatic heterocycles. The number of phenols is 5. The van der Waals surface area contributed by atoms with Crippen molar-refractivity contribution in [2.24, 2.45) is 0 Å². The number of benzene rings is 10. The quantitative estimate of drug-likeness (QED) is 0.0240. The Morgan fingerprint density at radius 2 is 0.503 bits per heavy atom. The first-order chi connectivity index (χ1) is 66.7. The fourth-order valence-electron chi connectivity index (χ4n) is 16.0. The van der Waals surface area contributed by atoms with Crippen molar-refractivity contribution in [3.63, 3.8) is 0 Å². The number of halogens is 10. The molecule has 10 aromatic rings. The number of hydrogen-bond donors (Lipinski definition) is 5. The molecule has 0 aromatic heterocycles. The van der Waals surface area contributed by atoms with E-state index in [4.69, 9.17) is 93.0 Å². The van der Waals surface area contributed by atoms with Gasteiger partial charge in [0.05, 0.1) is 0 Å². The number of aryl methyl sites for hydroxylation is 8. The summed E-state index contributed by atoms with van der Waals surface area (Å²) in [4.78, 5) is 12.2. The molecule has 5 N–H and O–H groups in total. The molecule has 5 atom stereocenters. The van der Waals surface area contributed by atoms with Crippen LogP contribution in [-0.2, 0) is 140 Å². The summed E-state index contributed by atoms with van der Waals surface area (Å²) in [6, 6.07) is 62.5. The average molecular weight is 2420 g/mol. The van der Waals surface area contributed by atoms with Gasteiger partial charge in [0.15, 0.2) is 0 Å². The maximum absolute atomic E-state index is 11.3. The van der Waals surface area contributed by atoms with Crippen LogP contribution in [0.25, 0.3) is 0 Å². The predicted molar refractivity (Wildman–Crippen MR) is 633 cm³/mol. The second-order valence-electron chi connectivity index (χ2n) is 41.6. The van der Waals surface area contributed by atoms with Gasteiger partial charge in [-0.3, -0.25) is 14.7 Å². The Hall–Kier alpha value is -0.379. The molecule has 0 saturated carbocycles. The van der Waals surface area contributed by atoms with Crippen molar-refractivity contribution in [1.29, 1.82) is 0 Å². The molecule has 0 amide bonds. The average Bonchev–Trinajstić information content (AvgIpc) is 0.962. The van der Waals surface area contributed by atoms with E-state index in [0.29, 0.717) is 108 Å². The summed E-state index contributed by atoms with van der Waals surface area (Å²) in [7, 11) is 55.5. The van der Waals surface area contributed by atoms with Crippen molar-refractivity contribution in [3.8, 4) is 28.7 Å². The summed E-state index contributed by atoms with van der Waals surface area (Å²) in [5.74, 6) is 2.22. The van der Waals surface area contributed by atoms with Crippen LogP contribution in [0.1, 0.15) is 275 Å². The van der Waals surface area contributed by atoms with Gasteiger partial charge in [-0.25, -0.2) is 0 Å². The van der Waals surface area contributed by atoms with Crippen molar-refractivity contribution >= 4 is 189 Å². The minimum absolute atomic E-state index is 0.0353. The van der Waals surface area contributed by atoms with Crippen LogP contribution in [0.3, 0.4) is 0 Å². The van der Waals surface area contributed by atoms with Gasteiger partial charge < -0.3 is 35.3 Å². The summed E-state index contributed by atoms with van der Waals surface area (Å²) >= 11 is -2.78. The van der Waals surface area contributed by atoms with Crippen LogP contribution in [0.2, 0.25) is 0 Å². The van der Waals surface area contributed by atoms with E-state index < -0.39 is 85.2 Å². The van der Waals surface area contributed by atoms with E-state index in [1.807, 2.05) is 50.2 Å². The zero-order valence-corrected chi connectivity index (χ0v) is 112. The summed E-state index contributed by atoms with van der Waals surface area (Å²) in [5, 5.41) is 65.4. The van der Waals surface area contributed by atoms with E-state index in [0.717, 1.165) is 94.6 Å². The molecule has 10 aromatic carbocycles.